The van der Waals surface area contributed by atoms with Gasteiger partial charge in [-0.3, -0.25) is 4.79 Å². The molecule has 0 N–H and O–H groups in total. The van der Waals surface area contributed by atoms with Crippen LogP contribution in [0, 0.1) is 13.8 Å². The SMILES string of the molecule is Cc1cc(N2CCN(C(=O)c3ccc(-n4cccc4)cc3)CC2)nc2c(C)cccc12. The molecule has 0 radical (unpaired) electrons. The van der Waals surface area contributed by atoms with E-state index in [1.165, 1.54) is 16.5 Å². The Balaban J connectivity index is 1.29. The van der Waals surface area contributed by atoms with Gasteiger partial charge < -0.3 is 14.4 Å². The van der Waals surface area contributed by atoms with E-state index in [1.807, 2.05) is 58.3 Å². The van der Waals surface area contributed by atoms with Crippen molar-refractivity contribution in [2.75, 3.05) is 31.1 Å². The third-order valence-corrected chi connectivity index (χ3v) is 6.14. The maximum absolute atomic E-state index is 13.0. The summed E-state index contributed by atoms with van der Waals surface area (Å²) in [6, 6.07) is 20.3. The molecule has 5 heteroatoms. The highest BCUT2D eigenvalue weighted by Gasteiger charge is 2.23. The van der Waals surface area contributed by atoms with Gasteiger partial charge in [0.05, 0.1) is 5.52 Å². The van der Waals surface area contributed by atoms with Gasteiger partial charge in [-0.25, -0.2) is 4.98 Å². The average molecular weight is 411 g/mol. The Hall–Kier alpha value is -3.60. The first-order chi connectivity index (χ1) is 15.1. The second kappa shape index (κ2) is 7.91. The van der Waals surface area contributed by atoms with Crippen LogP contribution >= 0.6 is 0 Å². The maximum atomic E-state index is 13.0. The minimum atomic E-state index is 0.0946. The number of hydrogen-bond acceptors (Lipinski definition) is 3. The number of benzene rings is 2. The number of para-hydroxylation sites is 1. The van der Waals surface area contributed by atoms with Gasteiger partial charge in [0.25, 0.3) is 5.91 Å². The van der Waals surface area contributed by atoms with Crippen molar-refractivity contribution in [1.29, 1.82) is 0 Å². The van der Waals surface area contributed by atoms with Crippen molar-refractivity contribution >= 4 is 22.6 Å². The number of anilines is 1. The average Bonchev–Trinajstić information content (AvgIpc) is 3.34. The fraction of sp³-hybridized carbons (Fsp3) is 0.231. The molecule has 1 aliphatic rings. The molecule has 0 atom stereocenters. The first-order valence-corrected chi connectivity index (χ1v) is 10.7. The number of carbonyl (C=O) groups excluding carboxylic acids is 1. The summed E-state index contributed by atoms with van der Waals surface area (Å²) < 4.78 is 2.04. The van der Waals surface area contributed by atoms with Crippen molar-refractivity contribution in [3.63, 3.8) is 0 Å². The molecule has 31 heavy (non-hydrogen) atoms. The van der Waals surface area contributed by atoms with Crippen LogP contribution in [0.15, 0.2) is 73.1 Å². The Morgan fingerprint density at radius 1 is 0.839 bits per heavy atom. The topological polar surface area (TPSA) is 41.4 Å². The van der Waals surface area contributed by atoms with Crippen molar-refractivity contribution in [2.24, 2.45) is 0 Å². The fourth-order valence-corrected chi connectivity index (χ4v) is 4.31. The Morgan fingerprint density at radius 2 is 1.55 bits per heavy atom. The van der Waals surface area contributed by atoms with Gasteiger partial charge in [0.1, 0.15) is 5.82 Å². The molecule has 0 spiro atoms. The van der Waals surface area contributed by atoms with Crippen LogP contribution < -0.4 is 4.90 Å². The van der Waals surface area contributed by atoms with Crippen molar-refractivity contribution in [1.82, 2.24) is 14.5 Å². The smallest absolute Gasteiger partial charge is 0.253 e. The van der Waals surface area contributed by atoms with Crippen LogP contribution in [0.4, 0.5) is 5.82 Å². The molecule has 4 aromatic rings. The molecular formula is C26H26N4O. The lowest BCUT2D eigenvalue weighted by molar-refractivity contribution is 0.0746. The molecule has 156 valence electrons. The molecule has 2 aromatic heterocycles. The highest BCUT2D eigenvalue weighted by Crippen LogP contribution is 2.25. The summed E-state index contributed by atoms with van der Waals surface area (Å²) in [4.78, 5) is 22.2. The molecule has 1 fully saturated rings. The van der Waals surface area contributed by atoms with E-state index in [0.717, 1.165) is 35.7 Å². The zero-order chi connectivity index (χ0) is 21.4. The third kappa shape index (κ3) is 3.67. The van der Waals surface area contributed by atoms with Gasteiger partial charge in [0.2, 0.25) is 0 Å². The lowest BCUT2D eigenvalue weighted by Crippen LogP contribution is -2.49. The molecule has 5 rings (SSSR count). The quantitative estimate of drug-likeness (QED) is 0.495. The summed E-state index contributed by atoms with van der Waals surface area (Å²) >= 11 is 0. The maximum Gasteiger partial charge on any atom is 0.253 e. The molecule has 0 bridgehead atoms. The number of rotatable bonds is 3. The zero-order valence-corrected chi connectivity index (χ0v) is 18.0. The zero-order valence-electron chi connectivity index (χ0n) is 18.0. The number of piperazine rings is 1. The van der Waals surface area contributed by atoms with Gasteiger partial charge in [0, 0.05) is 55.2 Å². The first-order valence-electron chi connectivity index (χ1n) is 10.7. The van der Waals surface area contributed by atoms with Crippen LogP contribution in [0.5, 0.6) is 0 Å². The van der Waals surface area contributed by atoms with Crippen LogP contribution in [-0.2, 0) is 0 Å². The van der Waals surface area contributed by atoms with Crippen LogP contribution in [0.2, 0.25) is 0 Å². The predicted molar refractivity (Wildman–Crippen MR) is 125 cm³/mol. The van der Waals surface area contributed by atoms with Crippen molar-refractivity contribution < 1.29 is 4.79 Å². The molecule has 2 aromatic carbocycles. The summed E-state index contributed by atoms with van der Waals surface area (Å²) in [5.41, 5.74) is 5.29. The highest BCUT2D eigenvalue weighted by molar-refractivity contribution is 5.94. The summed E-state index contributed by atoms with van der Waals surface area (Å²) in [5.74, 6) is 1.10. The Morgan fingerprint density at radius 3 is 2.26 bits per heavy atom. The number of carbonyl (C=O) groups is 1. The summed E-state index contributed by atoms with van der Waals surface area (Å²) in [6.45, 7) is 7.23. The number of hydrogen-bond donors (Lipinski definition) is 0. The lowest BCUT2D eigenvalue weighted by atomic mass is 10.1. The summed E-state index contributed by atoms with van der Waals surface area (Å²) in [7, 11) is 0. The van der Waals surface area contributed by atoms with Crippen LogP contribution in [-0.4, -0.2) is 46.5 Å². The van der Waals surface area contributed by atoms with Gasteiger partial charge in [-0.1, -0.05) is 18.2 Å². The van der Waals surface area contributed by atoms with Gasteiger partial charge in [-0.15, -0.1) is 0 Å². The van der Waals surface area contributed by atoms with E-state index >= 15 is 0 Å². The van der Waals surface area contributed by atoms with Crippen molar-refractivity contribution in [3.8, 4) is 5.69 Å². The summed E-state index contributed by atoms with van der Waals surface area (Å²) in [6.07, 6.45) is 4.00. The molecule has 1 amide bonds. The standard InChI is InChI=1S/C26H26N4O/c1-19-6-5-7-23-20(2)18-24(27-25(19)23)29-14-16-30(17-15-29)26(31)21-8-10-22(11-9-21)28-12-3-4-13-28/h3-13,18H,14-17H2,1-2H3. The van der Waals surface area contributed by atoms with Gasteiger partial charge >= 0.3 is 0 Å². The van der Waals surface area contributed by atoms with Crippen molar-refractivity contribution in [2.45, 2.75) is 13.8 Å². The van der Waals surface area contributed by atoms with E-state index in [-0.39, 0.29) is 5.91 Å². The second-order valence-corrected chi connectivity index (χ2v) is 8.18. The van der Waals surface area contributed by atoms with Crippen LogP contribution in [0.25, 0.3) is 16.6 Å². The van der Waals surface area contributed by atoms with Gasteiger partial charge in [-0.2, -0.15) is 0 Å². The van der Waals surface area contributed by atoms with E-state index in [4.69, 9.17) is 4.98 Å². The normalized spacial score (nSPS) is 14.3. The lowest BCUT2D eigenvalue weighted by Gasteiger charge is -2.35. The van der Waals surface area contributed by atoms with E-state index in [1.54, 1.807) is 0 Å². The predicted octanol–water partition coefficient (Wildman–Crippen LogP) is 4.60. The van der Waals surface area contributed by atoms with E-state index in [9.17, 15) is 4.79 Å². The number of pyridine rings is 1. The largest absolute Gasteiger partial charge is 0.353 e. The van der Waals surface area contributed by atoms with E-state index in [2.05, 4.69) is 43.0 Å². The Bertz CT molecular complexity index is 1220. The molecular weight excluding hydrogens is 384 g/mol. The first kappa shape index (κ1) is 19.4. The Labute approximate surface area is 182 Å². The van der Waals surface area contributed by atoms with E-state index < -0.39 is 0 Å². The molecule has 3 heterocycles. The monoisotopic (exact) mass is 410 g/mol. The molecule has 1 saturated heterocycles. The number of nitrogens with zero attached hydrogens (tertiary/aromatic N) is 4. The van der Waals surface area contributed by atoms with Gasteiger partial charge in [-0.05, 0) is 67.4 Å². The molecule has 1 aliphatic heterocycles. The molecule has 0 aliphatic carbocycles. The van der Waals surface area contributed by atoms with Gasteiger partial charge in [0.15, 0.2) is 0 Å². The van der Waals surface area contributed by atoms with Crippen LogP contribution in [0.3, 0.4) is 0 Å². The molecule has 0 unspecified atom stereocenters. The minimum absolute atomic E-state index is 0.0946. The van der Waals surface area contributed by atoms with E-state index in [0.29, 0.717) is 13.1 Å². The van der Waals surface area contributed by atoms with Crippen LogP contribution in [0.1, 0.15) is 21.5 Å². The number of fused-ring (bicyclic) bond motifs is 1. The van der Waals surface area contributed by atoms with Crippen molar-refractivity contribution in [3.05, 3.63) is 89.7 Å². The summed E-state index contributed by atoms with van der Waals surface area (Å²) in [5, 5.41) is 1.21. The number of aromatic nitrogens is 2. The minimum Gasteiger partial charge on any atom is -0.353 e. The highest BCUT2D eigenvalue weighted by atomic mass is 16.2. The Kier molecular flexibility index (Phi) is 4.94. The second-order valence-electron chi connectivity index (χ2n) is 8.18. The molecule has 0 saturated carbocycles. The molecule has 5 nitrogen and oxygen atoms in total. The fourth-order valence-electron chi connectivity index (χ4n) is 4.31. The number of aryl methyl sites for hydroxylation is 2. The number of amides is 1. The third-order valence-electron chi connectivity index (χ3n) is 6.14.